The Labute approximate surface area is 125 Å². The van der Waals surface area contributed by atoms with Gasteiger partial charge in [-0.15, -0.1) is 0 Å². The summed E-state index contributed by atoms with van der Waals surface area (Å²) in [6.07, 6.45) is -1.50. The Hall–Kier alpha value is -2.28. The molecule has 0 fully saturated rings. The smallest absolute Gasteiger partial charge is 0.273 e. The van der Waals surface area contributed by atoms with Crippen LogP contribution in [0.15, 0.2) is 28.8 Å². The SMILES string of the molecule is CC(C)c1cc(C(=O)NCC(O)c2c(F)cccc2F)no1. The van der Waals surface area contributed by atoms with Gasteiger partial charge in [-0.2, -0.15) is 0 Å². The molecule has 1 heterocycles. The molecule has 0 saturated heterocycles. The number of benzene rings is 1. The van der Waals surface area contributed by atoms with E-state index in [1.165, 1.54) is 12.1 Å². The number of nitrogens with one attached hydrogen (secondary N) is 1. The first-order chi connectivity index (χ1) is 10.4. The van der Waals surface area contributed by atoms with Crippen molar-refractivity contribution in [1.29, 1.82) is 0 Å². The van der Waals surface area contributed by atoms with Gasteiger partial charge >= 0.3 is 0 Å². The van der Waals surface area contributed by atoms with Gasteiger partial charge in [0.15, 0.2) is 5.69 Å². The number of aromatic nitrogens is 1. The molecule has 0 aliphatic heterocycles. The summed E-state index contributed by atoms with van der Waals surface area (Å²) in [4.78, 5) is 11.9. The Morgan fingerprint density at radius 1 is 1.36 bits per heavy atom. The molecule has 0 radical (unpaired) electrons. The zero-order chi connectivity index (χ0) is 16.3. The van der Waals surface area contributed by atoms with Crippen molar-refractivity contribution < 1.29 is 23.2 Å². The quantitative estimate of drug-likeness (QED) is 0.890. The number of carbonyl (C=O) groups excluding carboxylic acids is 1. The summed E-state index contributed by atoms with van der Waals surface area (Å²) >= 11 is 0. The van der Waals surface area contributed by atoms with Gasteiger partial charge in [0, 0.05) is 18.5 Å². The molecule has 2 aromatic rings. The number of nitrogens with zero attached hydrogens (tertiary/aromatic N) is 1. The summed E-state index contributed by atoms with van der Waals surface area (Å²) in [6.45, 7) is 3.42. The van der Waals surface area contributed by atoms with E-state index in [-0.39, 0.29) is 18.2 Å². The molecule has 1 unspecified atom stereocenters. The molecular formula is C15H16F2N2O3. The van der Waals surface area contributed by atoms with Crippen LogP contribution in [-0.2, 0) is 0 Å². The molecule has 7 heteroatoms. The third kappa shape index (κ3) is 3.48. The number of carbonyl (C=O) groups is 1. The van der Waals surface area contributed by atoms with Gasteiger partial charge in [-0.05, 0) is 12.1 Å². The standard InChI is InChI=1S/C15H16F2N2O3/c1-8(2)13-6-11(19-22-13)15(21)18-7-12(20)14-9(16)4-3-5-10(14)17/h3-6,8,12,20H,7H2,1-2H3,(H,18,21). The Morgan fingerprint density at radius 2 is 2.00 bits per heavy atom. The lowest BCUT2D eigenvalue weighted by Gasteiger charge is -2.13. The monoisotopic (exact) mass is 310 g/mol. The second-order valence-electron chi connectivity index (χ2n) is 5.13. The minimum Gasteiger partial charge on any atom is -0.386 e. The first-order valence-electron chi connectivity index (χ1n) is 6.77. The Kier molecular flexibility index (Phi) is 4.87. The van der Waals surface area contributed by atoms with Crippen LogP contribution in [0.25, 0.3) is 0 Å². The molecule has 0 aliphatic carbocycles. The summed E-state index contributed by atoms with van der Waals surface area (Å²) in [5, 5.41) is 15.8. The van der Waals surface area contributed by atoms with E-state index < -0.39 is 29.2 Å². The van der Waals surface area contributed by atoms with E-state index in [0.29, 0.717) is 5.76 Å². The predicted octanol–water partition coefficient (Wildman–Crippen LogP) is 2.54. The fourth-order valence-electron chi connectivity index (χ4n) is 1.88. The summed E-state index contributed by atoms with van der Waals surface area (Å²) < 4.78 is 32.0. The van der Waals surface area contributed by atoms with E-state index >= 15 is 0 Å². The number of amides is 1. The third-order valence-electron chi connectivity index (χ3n) is 3.12. The second kappa shape index (κ2) is 6.65. The fourth-order valence-corrected chi connectivity index (χ4v) is 1.88. The van der Waals surface area contributed by atoms with E-state index in [0.717, 1.165) is 12.1 Å². The lowest BCUT2D eigenvalue weighted by molar-refractivity contribution is 0.0902. The molecule has 1 atom stereocenters. The molecule has 1 aromatic carbocycles. The van der Waals surface area contributed by atoms with Gasteiger partial charge in [-0.3, -0.25) is 4.79 Å². The Morgan fingerprint density at radius 3 is 2.55 bits per heavy atom. The Balaban J connectivity index is 2.01. The molecule has 1 amide bonds. The number of hydrogen-bond acceptors (Lipinski definition) is 4. The van der Waals surface area contributed by atoms with Crippen LogP contribution in [0.5, 0.6) is 0 Å². The number of rotatable bonds is 5. The molecular weight excluding hydrogens is 294 g/mol. The van der Waals surface area contributed by atoms with Gasteiger partial charge < -0.3 is 14.9 Å². The van der Waals surface area contributed by atoms with Crippen LogP contribution in [-0.4, -0.2) is 22.7 Å². The van der Waals surface area contributed by atoms with Crippen LogP contribution < -0.4 is 5.32 Å². The van der Waals surface area contributed by atoms with E-state index in [1.54, 1.807) is 0 Å². The van der Waals surface area contributed by atoms with E-state index in [2.05, 4.69) is 10.5 Å². The van der Waals surface area contributed by atoms with Crippen molar-refractivity contribution in [3.63, 3.8) is 0 Å². The highest BCUT2D eigenvalue weighted by Crippen LogP contribution is 2.20. The first kappa shape index (κ1) is 16.1. The van der Waals surface area contributed by atoms with Gasteiger partial charge in [-0.25, -0.2) is 8.78 Å². The van der Waals surface area contributed by atoms with Gasteiger partial charge in [0.05, 0.1) is 5.56 Å². The highest BCUT2D eigenvalue weighted by molar-refractivity contribution is 5.92. The van der Waals surface area contributed by atoms with Crippen molar-refractivity contribution in [2.75, 3.05) is 6.54 Å². The molecule has 0 saturated carbocycles. The van der Waals surface area contributed by atoms with Gasteiger partial charge in [-0.1, -0.05) is 25.1 Å². The minimum atomic E-state index is -1.50. The topological polar surface area (TPSA) is 75.4 Å². The number of aliphatic hydroxyl groups is 1. The largest absolute Gasteiger partial charge is 0.386 e. The molecule has 0 spiro atoms. The maximum Gasteiger partial charge on any atom is 0.273 e. The molecule has 118 valence electrons. The van der Waals surface area contributed by atoms with Gasteiger partial charge in [0.25, 0.3) is 5.91 Å². The van der Waals surface area contributed by atoms with Crippen molar-refractivity contribution in [3.05, 3.63) is 52.9 Å². The molecule has 0 aliphatic rings. The Bertz CT molecular complexity index is 650. The predicted molar refractivity (Wildman–Crippen MR) is 74.2 cm³/mol. The maximum atomic E-state index is 13.5. The molecule has 5 nitrogen and oxygen atoms in total. The normalized spacial score (nSPS) is 12.5. The first-order valence-corrected chi connectivity index (χ1v) is 6.77. The van der Waals surface area contributed by atoms with Crippen molar-refractivity contribution in [2.45, 2.75) is 25.9 Å². The number of aliphatic hydroxyl groups excluding tert-OH is 1. The second-order valence-corrected chi connectivity index (χ2v) is 5.13. The van der Waals surface area contributed by atoms with E-state index in [9.17, 15) is 18.7 Å². The lowest BCUT2D eigenvalue weighted by atomic mass is 10.1. The van der Waals surface area contributed by atoms with Crippen molar-refractivity contribution in [2.24, 2.45) is 0 Å². The lowest BCUT2D eigenvalue weighted by Crippen LogP contribution is -2.29. The summed E-state index contributed by atoms with van der Waals surface area (Å²) in [6, 6.07) is 4.75. The molecule has 1 aromatic heterocycles. The van der Waals surface area contributed by atoms with Gasteiger partial charge in [0.1, 0.15) is 23.5 Å². The van der Waals surface area contributed by atoms with Gasteiger partial charge in [0.2, 0.25) is 0 Å². The zero-order valence-corrected chi connectivity index (χ0v) is 12.1. The minimum absolute atomic E-state index is 0.0462. The van der Waals surface area contributed by atoms with E-state index in [4.69, 9.17) is 4.52 Å². The number of halogens is 2. The summed E-state index contributed by atoms with van der Waals surface area (Å²) in [7, 11) is 0. The number of hydrogen-bond donors (Lipinski definition) is 2. The average molecular weight is 310 g/mol. The van der Waals surface area contributed by atoms with Crippen LogP contribution >= 0.6 is 0 Å². The van der Waals surface area contributed by atoms with Crippen molar-refractivity contribution in [1.82, 2.24) is 10.5 Å². The van der Waals surface area contributed by atoms with Crippen LogP contribution in [0.2, 0.25) is 0 Å². The van der Waals surface area contributed by atoms with Crippen LogP contribution in [0.4, 0.5) is 8.78 Å². The van der Waals surface area contributed by atoms with Crippen molar-refractivity contribution in [3.8, 4) is 0 Å². The highest BCUT2D eigenvalue weighted by atomic mass is 19.1. The summed E-state index contributed by atoms with van der Waals surface area (Å²) in [5.74, 6) is -1.71. The molecule has 0 bridgehead atoms. The molecule has 2 rings (SSSR count). The molecule has 22 heavy (non-hydrogen) atoms. The molecule has 2 N–H and O–H groups in total. The van der Waals surface area contributed by atoms with Crippen molar-refractivity contribution >= 4 is 5.91 Å². The third-order valence-corrected chi connectivity index (χ3v) is 3.12. The maximum absolute atomic E-state index is 13.5. The summed E-state index contributed by atoms with van der Waals surface area (Å²) in [5.41, 5.74) is -0.435. The van der Waals surface area contributed by atoms with Crippen LogP contribution in [0.1, 0.15) is 47.7 Å². The van der Waals surface area contributed by atoms with Crippen LogP contribution in [0.3, 0.4) is 0 Å². The fraction of sp³-hybridized carbons (Fsp3) is 0.333. The van der Waals surface area contributed by atoms with E-state index in [1.807, 2.05) is 13.8 Å². The van der Waals surface area contributed by atoms with Crippen LogP contribution in [0, 0.1) is 11.6 Å². The highest BCUT2D eigenvalue weighted by Gasteiger charge is 2.20. The average Bonchev–Trinajstić information content (AvgIpc) is 2.94. The zero-order valence-electron chi connectivity index (χ0n) is 12.1.